The van der Waals surface area contributed by atoms with Crippen molar-refractivity contribution in [1.29, 1.82) is 0 Å². The van der Waals surface area contributed by atoms with Crippen LogP contribution in [0.1, 0.15) is 20.3 Å². The van der Waals surface area contributed by atoms with Gasteiger partial charge in [0.1, 0.15) is 12.3 Å². The molecule has 0 bridgehead atoms. The summed E-state index contributed by atoms with van der Waals surface area (Å²) >= 11 is 0. The van der Waals surface area contributed by atoms with Gasteiger partial charge in [-0.2, -0.15) is 0 Å². The highest BCUT2D eigenvalue weighted by molar-refractivity contribution is 6.20. The molecule has 1 aliphatic carbocycles. The maximum absolute atomic E-state index is 11.9. The zero-order valence-electron chi connectivity index (χ0n) is 11.1. The van der Waals surface area contributed by atoms with Gasteiger partial charge in [0, 0.05) is 12.1 Å². The summed E-state index contributed by atoms with van der Waals surface area (Å²) in [4.78, 5) is 31.1. The Labute approximate surface area is 112 Å². The van der Waals surface area contributed by atoms with E-state index in [1.807, 2.05) is 0 Å². The van der Waals surface area contributed by atoms with Crippen molar-refractivity contribution < 1.29 is 9.59 Å². The van der Waals surface area contributed by atoms with Crippen LogP contribution in [0.15, 0.2) is 33.8 Å². The fourth-order valence-electron chi connectivity index (χ4n) is 1.87. The zero-order chi connectivity index (χ0) is 13.8. The molecule has 2 aliphatic rings. The van der Waals surface area contributed by atoms with Crippen LogP contribution >= 0.6 is 0 Å². The predicted octanol–water partition coefficient (Wildman–Crippen LogP) is 1.27. The molecule has 0 saturated carbocycles. The van der Waals surface area contributed by atoms with Crippen molar-refractivity contribution in [1.82, 2.24) is 5.32 Å². The minimum Gasteiger partial charge on any atom is -0.352 e. The molecule has 5 nitrogen and oxygen atoms in total. The first-order valence-corrected chi connectivity index (χ1v) is 6.40. The van der Waals surface area contributed by atoms with E-state index in [2.05, 4.69) is 29.1 Å². The van der Waals surface area contributed by atoms with Crippen LogP contribution in [0.2, 0.25) is 0 Å². The fraction of sp³-hybridized carbons (Fsp3) is 0.429. The van der Waals surface area contributed by atoms with Crippen LogP contribution in [0.5, 0.6) is 0 Å². The quantitative estimate of drug-likeness (QED) is 0.826. The first-order chi connectivity index (χ1) is 9.08. The second-order valence-electron chi connectivity index (χ2n) is 5.01. The van der Waals surface area contributed by atoms with Gasteiger partial charge in [0.25, 0.3) is 11.8 Å². The summed E-state index contributed by atoms with van der Waals surface area (Å²) in [7, 11) is 0. The van der Waals surface area contributed by atoms with Gasteiger partial charge in [0.2, 0.25) is 0 Å². The Bertz CT molecular complexity index is 513. The number of carbonyl (C=O) groups excluding carboxylic acids is 2. The molecule has 1 unspecified atom stereocenters. The normalized spacial score (nSPS) is 21.0. The summed E-state index contributed by atoms with van der Waals surface area (Å²) in [5.74, 6) is -0.251. The Morgan fingerprint density at radius 3 is 3.00 bits per heavy atom. The first kappa shape index (κ1) is 13.4. The average Bonchev–Trinajstić information content (AvgIpc) is 2.38. The lowest BCUT2D eigenvalue weighted by molar-refractivity contribution is -0.119. The summed E-state index contributed by atoms with van der Waals surface area (Å²) in [6, 6.07) is 0. The number of rotatable bonds is 4. The number of fused-ring (bicyclic) bond motifs is 1. The average molecular weight is 259 g/mol. The largest absolute Gasteiger partial charge is 0.352 e. The van der Waals surface area contributed by atoms with Crippen LogP contribution in [-0.4, -0.2) is 30.4 Å². The number of allylic oxidation sites excluding steroid dienone is 1. The highest BCUT2D eigenvalue weighted by Gasteiger charge is 2.26. The molecule has 2 rings (SSSR count). The van der Waals surface area contributed by atoms with Crippen molar-refractivity contribution >= 4 is 23.9 Å². The van der Waals surface area contributed by atoms with E-state index < -0.39 is 5.92 Å². The van der Waals surface area contributed by atoms with E-state index in [-0.39, 0.29) is 11.8 Å². The van der Waals surface area contributed by atoms with Crippen molar-refractivity contribution in [2.45, 2.75) is 20.3 Å². The molecule has 0 radical (unpaired) electrons. The molecule has 1 N–H and O–H groups in total. The van der Waals surface area contributed by atoms with E-state index in [0.29, 0.717) is 23.7 Å². The van der Waals surface area contributed by atoms with Gasteiger partial charge < -0.3 is 5.32 Å². The van der Waals surface area contributed by atoms with Crippen LogP contribution in [-0.2, 0) is 9.59 Å². The topological polar surface area (TPSA) is 70.9 Å². The molecule has 1 heterocycles. The zero-order valence-corrected chi connectivity index (χ0v) is 11.1. The predicted molar refractivity (Wildman–Crippen MR) is 74.1 cm³/mol. The molecule has 0 spiro atoms. The van der Waals surface area contributed by atoms with Crippen LogP contribution in [0.4, 0.5) is 0 Å². The Kier molecular flexibility index (Phi) is 4.04. The minimum atomic E-state index is -0.433. The van der Waals surface area contributed by atoms with Gasteiger partial charge in [0.05, 0.1) is 5.71 Å². The van der Waals surface area contributed by atoms with E-state index in [9.17, 15) is 9.59 Å². The Hall–Kier alpha value is -2.04. The number of nitrogens with one attached hydrogen (secondary N) is 1. The number of carbonyl (C=O) groups is 2. The number of aliphatic imine (C=N–C) groups is 2. The Morgan fingerprint density at radius 2 is 2.26 bits per heavy atom. The lowest BCUT2D eigenvalue weighted by Crippen LogP contribution is -2.30. The summed E-state index contributed by atoms with van der Waals surface area (Å²) in [6.07, 6.45) is 7.16. The van der Waals surface area contributed by atoms with Crippen LogP contribution in [0.25, 0.3) is 0 Å². The number of amides is 2. The van der Waals surface area contributed by atoms with Crippen LogP contribution in [0, 0.1) is 11.8 Å². The minimum absolute atomic E-state index is 0.131. The molecule has 19 heavy (non-hydrogen) atoms. The first-order valence-electron chi connectivity index (χ1n) is 6.40. The third-order valence-corrected chi connectivity index (χ3v) is 3.02. The molecule has 100 valence electrons. The number of hydrogen-bond acceptors (Lipinski definition) is 3. The molecule has 1 aliphatic heterocycles. The van der Waals surface area contributed by atoms with Gasteiger partial charge in [-0.15, -0.1) is 0 Å². The SMILES string of the molecule is CC(C)CCNC(=O)C1=CC2=NC=NC(=O)C2C=C1. The van der Waals surface area contributed by atoms with Gasteiger partial charge in [-0.05, 0) is 18.4 Å². The second-order valence-corrected chi connectivity index (χ2v) is 5.01. The fourth-order valence-corrected chi connectivity index (χ4v) is 1.87. The molecule has 1 atom stereocenters. The molecule has 0 fully saturated rings. The van der Waals surface area contributed by atoms with Gasteiger partial charge in [-0.1, -0.05) is 26.0 Å². The van der Waals surface area contributed by atoms with Gasteiger partial charge in [0.15, 0.2) is 0 Å². The molecule has 0 saturated heterocycles. The van der Waals surface area contributed by atoms with Gasteiger partial charge in [-0.25, -0.2) is 9.98 Å². The molecular weight excluding hydrogens is 242 g/mol. The smallest absolute Gasteiger partial charge is 0.260 e. The van der Waals surface area contributed by atoms with E-state index in [1.165, 1.54) is 6.34 Å². The van der Waals surface area contributed by atoms with Gasteiger partial charge >= 0.3 is 0 Å². The molecule has 0 aromatic rings. The van der Waals surface area contributed by atoms with Crippen LogP contribution in [0.3, 0.4) is 0 Å². The van der Waals surface area contributed by atoms with E-state index >= 15 is 0 Å². The van der Waals surface area contributed by atoms with Crippen molar-refractivity contribution in [3.8, 4) is 0 Å². The van der Waals surface area contributed by atoms with E-state index in [4.69, 9.17) is 0 Å². The molecule has 2 amide bonds. The van der Waals surface area contributed by atoms with Crippen molar-refractivity contribution in [2.24, 2.45) is 21.8 Å². The summed E-state index contributed by atoms with van der Waals surface area (Å²) < 4.78 is 0. The summed E-state index contributed by atoms with van der Waals surface area (Å²) in [6.45, 7) is 4.87. The van der Waals surface area contributed by atoms with E-state index in [1.54, 1.807) is 18.2 Å². The Morgan fingerprint density at radius 1 is 1.47 bits per heavy atom. The molecule has 5 heteroatoms. The summed E-state index contributed by atoms with van der Waals surface area (Å²) in [5, 5.41) is 2.86. The molecular formula is C14H17N3O2. The van der Waals surface area contributed by atoms with Crippen LogP contribution < -0.4 is 5.32 Å². The lowest BCUT2D eigenvalue weighted by Gasteiger charge is -2.17. The standard InChI is InChI=1S/C14H17N3O2/c1-9(2)5-6-15-13(18)10-3-4-11-12(7-10)16-8-17-14(11)19/h3-4,7-9,11H,5-6H2,1-2H3,(H,15,18). The van der Waals surface area contributed by atoms with Gasteiger partial charge in [-0.3, -0.25) is 9.59 Å². The second kappa shape index (κ2) is 5.73. The van der Waals surface area contributed by atoms with Crippen molar-refractivity contribution in [2.75, 3.05) is 6.54 Å². The third kappa shape index (κ3) is 3.24. The maximum Gasteiger partial charge on any atom is 0.260 e. The third-order valence-electron chi connectivity index (χ3n) is 3.02. The monoisotopic (exact) mass is 259 g/mol. The number of hydrogen-bond donors (Lipinski definition) is 1. The maximum atomic E-state index is 11.9. The highest BCUT2D eigenvalue weighted by Crippen LogP contribution is 2.18. The highest BCUT2D eigenvalue weighted by atomic mass is 16.2. The molecule has 0 aromatic heterocycles. The molecule has 0 aromatic carbocycles. The van der Waals surface area contributed by atoms with Crippen molar-refractivity contribution in [3.63, 3.8) is 0 Å². The Balaban J connectivity index is 2.01. The van der Waals surface area contributed by atoms with E-state index in [0.717, 1.165) is 6.42 Å². The summed E-state index contributed by atoms with van der Waals surface area (Å²) in [5.41, 5.74) is 1.11. The lowest BCUT2D eigenvalue weighted by atomic mass is 9.93. The van der Waals surface area contributed by atoms with Crippen molar-refractivity contribution in [3.05, 3.63) is 23.8 Å². The number of nitrogens with zero attached hydrogens (tertiary/aromatic N) is 2.